The molecule has 0 aromatic heterocycles. The lowest BCUT2D eigenvalue weighted by Crippen LogP contribution is -2.03. The van der Waals surface area contributed by atoms with Gasteiger partial charge in [-0.2, -0.15) is 0 Å². The van der Waals surface area contributed by atoms with Crippen LogP contribution in [-0.4, -0.2) is 6.04 Å². The van der Waals surface area contributed by atoms with Gasteiger partial charge in [0.15, 0.2) is 0 Å². The molecule has 0 unspecified atom stereocenters. The average molecular weight is 112 g/mol. The van der Waals surface area contributed by atoms with E-state index in [9.17, 15) is 0 Å². The molecular weight excluding hydrogens is 98.1 g/mol. The van der Waals surface area contributed by atoms with E-state index in [-0.39, 0.29) is 0 Å². The third kappa shape index (κ3) is 2.63. The minimum absolute atomic E-state index is 0.431. The molecule has 0 N–H and O–H groups in total. The zero-order valence-corrected chi connectivity index (χ0v) is 6.10. The molecule has 0 fully saturated rings. The number of hydrogen-bond acceptors (Lipinski definition) is 0. The third-order valence-electron chi connectivity index (χ3n) is 1.30. The van der Waals surface area contributed by atoms with E-state index in [2.05, 4.69) is 31.7 Å². The Bertz CT molecular complexity index is 105. The van der Waals surface area contributed by atoms with Crippen LogP contribution in [0, 0.1) is 12.0 Å². The molecule has 0 heterocycles. The zero-order chi connectivity index (χ0) is 6.57. The highest BCUT2D eigenvalue weighted by Crippen LogP contribution is 2.03. The summed E-state index contributed by atoms with van der Waals surface area (Å²) >= 11 is 0. The lowest BCUT2D eigenvalue weighted by atomic mass is 10.1. The summed E-state index contributed by atoms with van der Waals surface area (Å²) in [5.41, 5.74) is 0. The highest BCUT2D eigenvalue weighted by molar-refractivity contribution is 4.87. The summed E-state index contributed by atoms with van der Waals surface area (Å²) in [6, 6.07) is 3.20. The molecule has 0 aliphatic heterocycles. The first-order valence-corrected chi connectivity index (χ1v) is 3.05. The quantitative estimate of drug-likeness (QED) is 0.490. The van der Waals surface area contributed by atoms with Crippen molar-refractivity contribution in [2.24, 2.45) is 5.92 Å². The van der Waals surface area contributed by atoms with Gasteiger partial charge >= 0.3 is 0 Å². The molecule has 0 saturated heterocycles. The summed E-state index contributed by atoms with van der Waals surface area (Å²) in [7, 11) is 0. The van der Waals surface area contributed by atoms with Crippen molar-refractivity contribution in [3.63, 3.8) is 0 Å². The zero-order valence-electron chi connectivity index (χ0n) is 6.10. The van der Waals surface area contributed by atoms with E-state index in [0.29, 0.717) is 12.0 Å². The predicted octanol–water partition coefficient (Wildman–Crippen LogP) is 2.38. The molecule has 0 bridgehead atoms. The molecule has 0 aliphatic rings. The first kappa shape index (κ1) is 7.49. The number of nitrogens with zero attached hydrogens (tertiary/aromatic N) is 1. The van der Waals surface area contributed by atoms with Crippen molar-refractivity contribution >= 4 is 0 Å². The third-order valence-corrected chi connectivity index (χ3v) is 1.30. The Labute approximate surface area is 51.5 Å². The maximum Gasteiger partial charge on any atom is 0.271 e. The van der Waals surface area contributed by atoms with Gasteiger partial charge in [-0.15, -0.1) is 0 Å². The molecule has 1 heteroatoms. The second kappa shape index (κ2) is 3.49. The van der Waals surface area contributed by atoms with Gasteiger partial charge in [-0.25, -0.2) is 0 Å². The molecule has 0 spiro atoms. The van der Waals surface area contributed by atoms with Gasteiger partial charge in [-0.1, -0.05) is 18.7 Å². The maximum atomic E-state index is 4.07. The second-order valence-electron chi connectivity index (χ2n) is 2.34. The Morgan fingerprint density at radius 3 is 1.88 bits per heavy atom. The van der Waals surface area contributed by atoms with Gasteiger partial charge in [0.25, 0.3) is 12.1 Å². The van der Waals surface area contributed by atoms with Gasteiger partial charge in [0, 0.05) is 12.8 Å². The van der Waals surface area contributed by atoms with Crippen molar-refractivity contribution in [2.45, 2.75) is 33.7 Å². The fourth-order valence-corrected chi connectivity index (χ4v) is 0.353. The lowest BCUT2D eigenvalue weighted by molar-refractivity contribution is 0.588. The van der Waals surface area contributed by atoms with Gasteiger partial charge in [-0.05, 0) is 0 Å². The Kier molecular flexibility index (Phi) is 3.26. The fraction of sp³-hybridized carbons (Fsp3) is 0.857. The maximum absolute atomic E-state index is 4.07. The molecule has 8 heavy (non-hydrogen) atoms. The van der Waals surface area contributed by atoms with Crippen LogP contribution < -0.4 is 0 Å². The molecular formula is C7H14N+. The highest BCUT2D eigenvalue weighted by atomic mass is 14.7. The SMILES string of the molecule is CC#[N+][C@@H](C)C(C)C. The van der Waals surface area contributed by atoms with Crippen LogP contribution in [0.1, 0.15) is 27.7 Å². The van der Waals surface area contributed by atoms with Crippen molar-refractivity contribution < 1.29 is 0 Å². The van der Waals surface area contributed by atoms with Crippen LogP contribution in [0.2, 0.25) is 0 Å². The molecule has 0 amide bonds. The van der Waals surface area contributed by atoms with Crippen molar-refractivity contribution in [1.82, 2.24) is 0 Å². The summed E-state index contributed by atoms with van der Waals surface area (Å²) in [5, 5.41) is 0. The van der Waals surface area contributed by atoms with Gasteiger partial charge in [-0.3, -0.25) is 0 Å². The van der Waals surface area contributed by atoms with Crippen LogP contribution in [0.15, 0.2) is 0 Å². The normalized spacial score (nSPS) is 12.6. The van der Waals surface area contributed by atoms with Crippen LogP contribution in [0.5, 0.6) is 0 Å². The largest absolute Gasteiger partial charge is 0.271 e. The topological polar surface area (TPSA) is 4.36 Å². The standard InChI is InChI=1S/C7H14N/c1-5-8-7(4)6(2)3/h6-7H,1-4H3/q+1/t7-/m0/s1. The van der Waals surface area contributed by atoms with Gasteiger partial charge in [0.1, 0.15) is 0 Å². The molecule has 0 radical (unpaired) electrons. The first-order valence-electron chi connectivity index (χ1n) is 3.05. The molecule has 0 aliphatic carbocycles. The molecule has 0 rings (SSSR count). The molecule has 1 atom stereocenters. The van der Waals surface area contributed by atoms with E-state index in [1.165, 1.54) is 0 Å². The summed E-state index contributed by atoms with van der Waals surface area (Å²) < 4.78 is 0. The highest BCUT2D eigenvalue weighted by Gasteiger charge is 2.12. The summed E-state index contributed by atoms with van der Waals surface area (Å²) in [4.78, 5) is 4.07. The van der Waals surface area contributed by atoms with Crippen LogP contribution in [0.4, 0.5) is 0 Å². The van der Waals surface area contributed by atoms with Crippen LogP contribution in [-0.2, 0) is 0 Å². The average Bonchev–Trinajstić information content (AvgIpc) is 1.67. The van der Waals surface area contributed by atoms with E-state index in [4.69, 9.17) is 0 Å². The molecule has 46 valence electrons. The summed E-state index contributed by atoms with van der Waals surface area (Å²) in [6.07, 6.45) is 0. The molecule has 0 aromatic carbocycles. The van der Waals surface area contributed by atoms with E-state index in [0.717, 1.165) is 0 Å². The van der Waals surface area contributed by atoms with Gasteiger partial charge < -0.3 is 0 Å². The second-order valence-corrected chi connectivity index (χ2v) is 2.34. The fourth-order valence-electron chi connectivity index (χ4n) is 0.353. The predicted molar refractivity (Wildman–Crippen MR) is 37.2 cm³/mol. The van der Waals surface area contributed by atoms with Crippen molar-refractivity contribution in [1.29, 1.82) is 0 Å². The van der Waals surface area contributed by atoms with E-state index < -0.39 is 0 Å². The number of rotatable bonds is 1. The minimum atomic E-state index is 0.431. The van der Waals surface area contributed by atoms with Gasteiger partial charge in [0.05, 0.1) is 6.92 Å². The number of hydrogen-bond donors (Lipinski definition) is 0. The molecule has 1 nitrogen and oxygen atoms in total. The van der Waals surface area contributed by atoms with E-state index >= 15 is 0 Å². The van der Waals surface area contributed by atoms with Crippen LogP contribution >= 0.6 is 0 Å². The monoisotopic (exact) mass is 112 g/mol. The summed E-state index contributed by atoms with van der Waals surface area (Å²) in [6.45, 7) is 8.25. The van der Waals surface area contributed by atoms with Crippen LogP contribution in [0.3, 0.4) is 0 Å². The smallest absolute Gasteiger partial charge is 0.0808 e. The van der Waals surface area contributed by atoms with E-state index in [1.807, 2.05) is 6.92 Å². The first-order chi connectivity index (χ1) is 3.68. The molecule has 0 aromatic rings. The van der Waals surface area contributed by atoms with Crippen molar-refractivity contribution in [3.05, 3.63) is 4.85 Å². The Hall–Kier alpha value is -0.510. The molecule has 0 saturated carbocycles. The Balaban J connectivity index is 3.58. The Morgan fingerprint density at radius 2 is 1.75 bits per heavy atom. The minimum Gasteiger partial charge on any atom is -0.0808 e. The lowest BCUT2D eigenvalue weighted by Gasteiger charge is -1.94. The summed E-state index contributed by atoms with van der Waals surface area (Å²) in [5.74, 6) is 0.641. The van der Waals surface area contributed by atoms with Crippen molar-refractivity contribution in [2.75, 3.05) is 0 Å². The van der Waals surface area contributed by atoms with Crippen molar-refractivity contribution in [3.8, 4) is 6.07 Å². The van der Waals surface area contributed by atoms with Crippen LogP contribution in [0.25, 0.3) is 4.85 Å². The van der Waals surface area contributed by atoms with E-state index in [1.54, 1.807) is 0 Å². The van der Waals surface area contributed by atoms with Gasteiger partial charge in [0.2, 0.25) is 0 Å². The Morgan fingerprint density at radius 1 is 1.25 bits per heavy atom.